The number of benzene rings is 1. The Morgan fingerprint density at radius 1 is 1.28 bits per heavy atom. The van der Waals surface area contributed by atoms with Crippen LogP contribution in [-0.2, 0) is 23.1 Å². The van der Waals surface area contributed by atoms with Crippen LogP contribution in [0.2, 0.25) is 0 Å². The lowest BCUT2D eigenvalue weighted by Crippen LogP contribution is -2.24. The Bertz CT molecular complexity index is 608. The normalized spacial score (nSPS) is 11.6. The molecule has 1 heterocycles. The summed E-state index contributed by atoms with van der Waals surface area (Å²) in [5, 5.41) is 0.0488. The van der Waals surface area contributed by atoms with E-state index >= 15 is 0 Å². The van der Waals surface area contributed by atoms with Crippen LogP contribution in [0.3, 0.4) is 0 Å². The third-order valence-corrected chi connectivity index (χ3v) is 3.88. The van der Waals surface area contributed by atoms with Crippen LogP contribution in [0.4, 0.5) is 0 Å². The summed E-state index contributed by atoms with van der Waals surface area (Å²) in [4.78, 5) is 6.24. The van der Waals surface area contributed by atoms with E-state index in [1.807, 2.05) is 24.3 Å². The van der Waals surface area contributed by atoms with Crippen molar-refractivity contribution in [3.8, 4) is 0 Å². The van der Waals surface area contributed by atoms with Crippen molar-refractivity contribution < 1.29 is 8.42 Å². The maximum atomic E-state index is 11.9. The van der Waals surface area contributed by atoms with Gasteiger partial charge in [-0.2, -0.15) is 0 Å². The van der Waals surface area contributed by atoms with Crippen LogP contribution in [0.15, 0.2) is 41.8 Å². The first-order valence-corrected chi connectivity index (χ1v) is 6.86. The van der Waals surface area contributed by atoms with Gasteiger partial charge in [0.05, 0.1) is 12.5 Å². The molecule has 2 aromatic rings. The standard InChI is InChI=1S/C11H14N4O2S/c12-5-9-3-1-2-4-10(9)6-15-18(16,17)11-7-13-8-14-11/h1-4,7-8,15H,5-6,12H2,(H,13,14). The molecule has 0 aliphatic rings. The number of rotatable bonds is 5. The molecule has 0 aliphatic heterocycles. The molecule has 1 aromatic carbocycles. The zero-order valence-electron chi connectivity index (χ0n) is 9.63. The van der Waals surface area contributed by atoms with Crippen LogP contribution < -0.4 is 10.5 Å². The van der Waals surface area contributed by atoms with Gasteiger partial charge < -0.3 is 10.7 Å². The number of hydrogen-bond donors (Lipinski definition) is 3. The molecule has 2 rings (SSSR count). The molecule has 4 N–H and O–H groups in total. The van der Waals surface area contributed by atoms with E-state index in [4.69, 9.17) is 5.73 Å². The number of hydrogen-bond acceptors (Lipinski definition) is 4. The first-order valence-electron chi connectivity index (χ1n) is 5.38. The highest BCUT2D eigenvalue weighted by atomic mass is 32.2. The number of sulfonamides is 1. The van der Waals surface area contributed by atoms with Crippen LogP contribution in [0.1, 0.15) is 11.1 Å². The summed E-state index contributed by atoms with van der Waals surface area (Å²) in [5.74, 6) is 0. The van der Waals surface area contributed by atoms with Gasteiger partial charge in [-0.05, 0) is 11.1 Å². The fraction of sp³-hybridized carbons (Fsp3) is 0.182. The van der Waals surface area contributed by atoms with Gasteiger partial charge in [0.2, 0.25) is 0 Å². The Morgan fingerprint density at radius 3 is 2.61 bits per heavy atom. The van der Waals surface area contributed by atoms with Gasteiger partial charge in [-0.25, -0.2) is 18.1 Å². The number of imidazole rings is 1. The summed E-state index contributed by atoms with van der Waals surface area (Å²) >= 11 is 0. The predicted molar refractivity (Wildman–Crippen MR) is 66.9 cm³/mol. The van der Waals surface area contributed by atoms with Crippen LogP contribution in [0.25, 0.3) is 0 Å². The highest BCUT2D eigenvalue weighted by Gasteiger charge is 2.15. The Morgan fingerprint density at radius 2 is 2.00 bits per heavy atom. The minimum absolute atomic E-state index is 0.0488. The second kappa shape index (κ2) is 5.30. The van der Waals surface area contributed by atoms with Crippen molar-refractivity contribution in [2.45, 2.75) is 18.1 Å². The summed E-state index contributed by atoms with van der Waals surface area (Å²) < 4.78 is 26.2. The number of nitrogens with two attached hydrogens (primary N) is 1. The van der Waals surface area contributed by atoms with E-state index in [9.17, 15) is 8.42 Å². The van der Waals surface area contributed by atoms with Crippen molar-refractivity contribution in [2.75, 3.05) is 0 Å². The minimum Gasteiger partial charge on any atom is -0.335 e. The van der Waals surface area contributed by atoms with Gasteiger partial charge in [-0.3, -0.25) is 0 Å². The molecule has 6 nitrogen and oxygen atoms in total. The Labute approximate surface area is 105 Å². The number of aromatic amines is 1. The molecular weight excluding hydrogens is 252 g/mol. The smallest absolute Gasteiger partial charge is 0.257 e. The maximum absolute atomic E-state index is 11.9. The largest absolute Gasteiger partial charge is 0.335 e. The molecule has 0 aliphatic carbocycles. The van der Waals surface area contributed by atoms with Gasteiger partial charge >= 0.3 is 0 Å². The average molecular weight is 266 g/mol. The topological polar surface area (TPSA) is 101 Å². The quantitative estimate of drug-likeness (QED) is 0.726. The second-order valence-corrected chi connectivity index (χ2v) is 5.45. The zero-order valence-corrected chi connectivity index (χ0v) is 10.4. The molecule has 0 atom stereocenters. The van der Waals surface area contributed by atoms with Crippen molar-refractivity contribution in [2.24, 2.45) is 5.73 Å². The maximum Gasteiger partial charge on any atom is 0.257 e. The van der Waals surface area contributed by atoms with Gasteiger partial charge in [0.25, 0.3) is 10.0 Å². The summed E-state index contributed by atoms with van der Waals surface area (Å²) in [6.07, 6.45) is 2.58. The first-order chi connectivity index (χ1) is 8.63. The van der Waals surface area contributed by atoms with Crippen molar-refractivity contribution in [3.05, 3.63) is 47.9 Å². The molecule has 1 aromatic heterocycles. The summed E-state index contributed by atoms with van der Waals surface area (Å²) in [6, 6.07) is 7.44. The van der Waals surface area contributed by atoms with Crippen LogP contribution >= 0.6 is 0 Å². The van der Waals surface area contributed by atoms with Crippen LogP contribution in [-0.4, -0.2) is 18.4 Å². The molecule has 0 saturated heterocycles. The Hall–Kier alpha value is -1.70. The highest BCUT2D eigenvalue weighted by molar-refractivity contribution is 7.89. The van der Waals surface area contributed by atoms with Crippen LogP contribution in [0, 0.1) is 0 Å². The third kappa shape index (κ3) is 2.76. The fourth-order valence-electron chi connectivity index (χ4n) is 1.57. The van der Waals surface area contributed by atoms with E-state index in [0.717, 1.165) is 11.1 Å². The molecule has 18 heavy (non-hydrogen) atoms. The summed E-state index contributed by atoms with van der Waals surface area (Å²) in [7, 11) is -3.55. The molecule has 0 unspecified atom stereocenters. The van der Waals surface area contributed by atoms with E-state index in [1.165, 1.54) is 12.5 Å². The second-order valence-electron chi connectivity index (χ2n) is 3.71. The molecule has 0 bridgehead atoms. The molecule has 96 valence electrons. The van der Waals surface area contributed by atoms with E-state index in [2.05, 4.69) is 14.7 Å². The van der Waals surface area contributed by atoms with Crippen molar-refractivity contribution in [1.82, 2.24) is 14.7 Å². The lowest BCUT2D eigenvalue weighted by atomic mass is 10.1. The van der Waals surface area contributed by atoms with Crippen LogP contribution in [0.5, 0.6) is 0 Å². The number of aromatic nitrogens is 2. The molecule has 0 spiro atoms. The third-order valence-electron chi connectivity index (χ3n) is 2.55. The minimum atomic E-state index is -3.55. The molecular formula is C11H14N4O2S. The zero-order chi connectivity index (χ0) is 13.0. The first kappa shape index (κ1) is 12.7. The Balaban J connectivity index is 2.13. The van der Waals surface area contributed by atoms with E-state index in [-0.39, 0.29) is 11.6 Å². The summed E-state index contributed by atoms with van der Waals surface area (Å²) in [6.45, 7) is 0.580. The monoisotopic (exact) mass is 266 g/mol. The summed E-state index contributed by atoms with van der Waals surface area (Å²) in [5.41, 5.74) is 7.38. The van der Waals surface area contributed by atoms with Gasteiger partial charge in [-0.1, -0.05) is 24.3 Å². The molecule has 0 fully saturated rings. The lowest BCUT2D eigenvalue weighted by molar-refractivity contribution is 0.578. The van der Waals surface area contributed by atoms with Crippen molar-refractivity contribution >= 4 is 10.0 Å². The van der Waals surface area contributed by atoms with E-state index in [0.29, 0.717) is 6.54 Å². The predicted octanol–water partition coefficient (Wildman–Crippen LogP) is 0.347. The number of H-pyrrole nitrogens is 1. The number of nitrogens with one attached hydrogen (secondary N) is 2. The molecule has 0 amide bonds. The average Bonchev–Trinajstić information content (AvgIpc) is 2.91. The fourth-order valence-corrected chi connectivity index (χ4v) is 2.48. The van der Waals surface area contributed by atoms with Crippen molar-refractivity contribution in [3.63, 3.8) is 0 Å². The number of nitrogens with zero attached hydrogens (tertiary/aromatic N) is 1. The highest BCUT2D eigenvalue weighted by Crippen LogP contribution is 2.09. The van der Waals surface area contributed by atoms with Gasteiger partial charge in [0, 0.05) is 13.1 Å². The lowest BCUT2D eigenvalue weighted by Gasteiger charge is -2.08. The van der Waals surface area contributed by atoms with Gasteiger partial charge in [-0.15, -0.1) is 0 Å². The molecule has 7 heteroatoms. The van der Waals surface area contributed by atoms with E-state index in [1.54, 1.807) is 0 Å². The Kier molecular flexibility index (Phi) is 3.75. The van der Waals surface area contributed by atoms with E-state index < -0.39 is 10.0 Å². The van der Waals surface area contributed by atoms with Gasteiger partial charge in [0.1, 0.15) is 0 Å². The molecule has 0 saturated carbocycles. The van der Waals surface area contributed by atoms with Crippen molar-refractivity contribution in [1.29, 1.82) is 0 Å². The van der Waals surface area contributed by atoms with Gasteiger partial charge in [0.15, 0.2) is 5.03 Å². The SMILES string of the molecule is NCc1ccccc1CNS(=O)(=O)c1cnc[nH]1. The molecule has 0 radical (unpaired) electrons.